The SMILES string of the molecule is CSc1ncc(N2CC[C@@H](CC(=O)OC(C)(C)C)C2)nn1. The fourth-order valence-electron chi connectivity index (χ4n) is 2.32. The Labute approximate surface area is 129 Å². The van der Waals surface area contributed by atoms with Crippen molar-refractivity contribution in [3.63, 3.8) is 0 Å². The van der Waals surface area contributed by atoms with E-state index in [0.29, 0.717) is 17.5 Å². The second kappa shape index (κ2) is 6.60. The Hall–Kier alpha value is -1.37. The molecule has 0 aromatic carbocycles. The van der Waals surface area contributed by atoms with Crippen molar-refractivity contribution in [2.75, 3.05) is 24.2 Å². The summed E-state index contributed by atoms with van der Waals surface area (Å²) in [4.78, 5) is 18.2. The monoisotopic (exact) mass is 310 g/mol. The molecule has 0 spiro atoms. The van der Waals surface area contributed by atoms with Crippen molar-refractivity contribution in [3.05, 3.63) is 6.20 Å². The van der Waals surface area contributed by atoms with E-state index in [-0.39, 0.29) is 5.97 Å². The van der Waals surface area contributed by atoms with Gasteiger partial charge in [0.2, 0.25) is 5.16 Å². The molecule has 0 radical (unpaired) electrons. The van der Waals surface area contributed by atoms with E-state index in [9.17, 15) is 4.79 Å². The van der Waals surface area contributed by atoms with E-state index in [1.807, 2.05) is 27.0 Å². The molecule has 0 bridgehead atoms. The van der Waals surface area contributed by atoms with Gasteiger partial charge in [0, 0.05) is 13.1 Å². The van der Waals surface area contributed by atoms with Crippen LogP contribution in [0.15, 0.2) is 11.4 Å². The number of ether oxygens (including phenoxy) is 1. The number of rotatable bonds is 4. The first-order valence-corrected chi connectivity index (χ1v) is 8.30. The zero-order chi connectivity index (χ0) is 15.5. The maximum atomic E-state index is 11.9. The molecule has 1 aromatic heterocycles. The quantitative estimate of drug-likeness (QED) is 0.623. The second-order valence-corrected chi connectivity index (χ2v) is 6.97. The van der Waals surface area contributed by atoms with E-state index in [1.165, 1.54) is 11.8 Å². The number of thioether (sulfide) groups is 1. The molecule has 7 heteroatoms. The van der Waals surface area contributed by atoms with Gasteiger partial charge in [0.05, 0.1) is 12.6 Å². The Morgan fingerprint density at radius 1 is 1.48 bits per heavy atom. The summed E-state index contributed by atoms with van der Waals surface area (Å²) in [7, 11) is 0. The predicted molar refractivity (Wildman–Crippen MR) is 82.4 cm³/mol. The first kappa shape index (κ1) is 16.0. The third-order valence-corrected chi connectivity index (χ3v) is 3.75. The van der Waals surface area contributed by atoms with Crippen molar-refractivity contribution in [3.8, 4) is 0 Å². The highest BCUT2D eigenvalue weighted by Crippen LogP contribution is 2.25. The Kier molecular flexibility index (Phi) is 5.03. The molecule has 0 N–H and O–H groups in total. The van der Waals surface area contributed by atoms with Crippen molar-refractivity contribution < 1.29 is 9.53 Å². The average molecular weight is 310 g/mol. The fourth-order valence-corrected chi connectivity index (χ4v) is 2.60. The lowest BCUT2D eigenvalue weighted by Crippen LogP contribution is -2.26. The highest BCUT2D eigenvalue weighted by molar-refractivity contribution is 7.98. The smallest absolute Gasteiger partial charge is 0.306 e. The molecule has 1 saturated heterocycles. The van der Waals surface area contributed by atoms with Crippen LogP contribution in [0.1, 0.15) is 33.6 Å². The molecule has 0 saturated carbocycles. The van der Waals surface area contributed by atoms with Gasteiger partial charge >= 0.3 is 5.97 Å². The molecule has 2 rings (SSSR count). The summed E-state index contributed by atoms with van der Waals surface area (Å²) in [6.45, 7) is 7.35. The molecule has 1 fully saturated rings. The summed E-state index contributed by atoms with van der Waals surface area (Å²) >= 11 is 1.47. The van der Waals surface area contributed by atoms with Crippen LogP contribution in [0.2, 0.25) is 0 Å². The van der Waals surface area contributed by atoms with E-state index in [1.54, 1.807) is 6.20 Å². The number of esters is 1. The standard InChI is InChI=1S/C14H22N4O2S/c1-14(2,3)20-12(19)7-10-5-6-18(9-10)11-8-15-13(21-4)17-16-11/h8,10H,5-7,9H2,1-4H3/t10-/m0/s1. The van der Waals surface area contributed by atoms with Crippen molar-refractivity contribution in [2.45, 2.75) is 44.4 Å². The van der Waals surface area contributed by atoms with Crippen LogP contribution >= 0.6 is 11.8 Å². The number of nitrogens with zero attached hydrogens (tertiary/aromatic N) is 4. The first-order chi connectivity index (χ1) is 9.87. The van der Waals surface area contributed by atoms with Gasteiger partial charge in [-0.2, -0.15) is 0 Å². The van der Waals surface area contributed by atoms with Crippen LogP contribution in [-0.2, 0) is 9.53 Å². The normalized spacial score (nSPS) is 18.9. The van der Waals surface area contributed by atoms with E-state index < -0.39 is 5.60 Å². The number of aromatic nitrogens is 3. The van der Waals surface area contributed by atoms with Gasteiger partial charge in [-0.25, -0.2) is 4.98 Å². The van der Waals surface area contributed by atoms with Crippen molar-refractivity contribution >= 4 is 23.5 Å². The van der Waals surface area contributed by atoms with Crippen LogP contribution < -0.4 is 4.90 Å². The van der Waals surface area contributed by atoms with Crippen LogP contribution in [0, 0.1) is 5.92 Å². The lowest BCUT2D eigenvalue weighted by atomic mass is 10.1. The van der Waals surface area contributed by atoms with Crippen LogP contribution in [0.25, 0.3) is 0 Å². The van der Waals surface area contributed by atoms with Gasteiger partial charge in [-0.3, -0.25) is 4.79 Å². The summed E-state index contributed by atoms with van der Waals surface area (Å²) in [6.07, 6.45) is 5.08. The number of carbonyl (C=O) groups is 1. The zero-order valence-electron chi connectivity index (χ0n) is 13.0. The molecule has 0 amide bonds. The van der Waals surface area contributed by atoms with E-state index in [0.717, 1.165) is 25.3 Å². The number of hydrogen-bond donors (Lipinski definition) is 0. The molecular formula is C14H22N4O2S. The lowest BCUT2D eigenvalue weighted by molar-refractivity contribution is -0.155. The minimum absolute atomic E-state index is 0.128. The van der Waals surface area contributed by atoms with Gasteiger partial charge in [-0.1, -0.05) is 11.8 Å². The van der Waals surface area contributed by atoms with Gasteiger partial charge in [0.15, 0.2) is 5.82 Å². The molecule has 21 heavy (non-hydrogen) atoms. The summed E-state index contributed by atoms with van der Waals surface area (Å²) in [6, 6.07) is 0. The summed E-state index contributed by atoms with van der Waals surface area (Å²) < 4.78 is 5.37. The maximum Gasteiger partial charge on any atom is 0.306 e. The average Bonchev–Trinajstić information content (AvgIpc) is 2.85. The van der Waals surface area contributed by atoms with E-state index >= 15 is 0 Å². The topological polar surface area (TPSA) is 68.2 Å². The third kappa shape index (κ3) is 4.84. The summed E-state index contributed by atoms with van der Waals surface area (Å²) in [5.41, 5.74) is -0.418. The van der Waals surface area contributed by atoms with Gasteiger partial charge in [-0.05, 0) is 39.4 Å². The molecule has 116 valence electrons. The molecule has 6 nitrogen and oxygen atoms in total. The molecular weight excluding hydrogens is 288 g/mol. The van der Waals surface area contributed by atoms with Gasteiger partial charge in [0.1, 0.15) is 5.60 Å². The highest BCUT2D eigenvalue weighted by atomic mass is 32.2. The summed E-state index contributed by atoms with van der Waals surface area (Å²) in [5, 5.41) is 8.90. The van der Waals surface area contributed by atoms with Crippen LogP contribution in [-0.4, -0.2) is 46.1 Å². The molecule has 0 aliphatic carbocycles. The van der Waals surface area contributed by atoms with Crippen molar-refractivity contribution in [1.82, 2.24) is 15.2 Å². The van der Waals surface area contributed by atoms with Crippen LogP contribution in [0.5, 0.6) is 0 Å². The predicted octanol–water partition coefficient (Wildman–Crippen LogP) is 2.15. The van der Waals surface area contributed by atoms with Crippen LogP contribution in [0.4, 0.5) is 5.82 Å². The maximum absolute atomic E-state index is 11.9. The molecule has 1 aliphatic heterocycles. The number of carbonyl (C=O) groups excluding carboxylic acids is 1. The third-order valence-electron chi connectivity index (χ3n) is 3.20. The minimum Gasteiger partial charge on any atom is -0.460 e. The van der Waals surface area contributed by atoms with Crippen LogP contribution in [0.3, 0.4) is 0 Å². The molecule has 1 aromatic rings. The van der Waals surface area contributed by atoms with Gasteiger partial charge in [0.25, 0.3) is 0 Å². The van der Waals surface area contributed by atoms with E-state index in [4.69, 9.17) is 4.74 Å². The van der Waals surface area contributed by atoms with Crippen molar-refractivity contribution in [1.29, 1.82) is 0 Å². The minimum atomic E-state index is -0.418. The molecule has 2 heterocycles. The highest BCUT2D eigenvalue weighted by Gasteiger charge is 2.28. The number of hydrogen-bond acceptors (Lipinski definition) is 7. The Morgan fingerprint density at radius 2 is 2.24 bits per heavy atom. The van der Waals surface area contributed by atoms with Gasteiger partial charge < -0.3 is 9.64 Å². The second-order valence-electron chi connectivity index (χ2n) is 6.19. The lowest BCUT2D eigenvalue weighted by Gasteiger charge is -2.21. The first-order valence-electron chi connectivity index (χ1n) is 7.08. The summed E-state index contributed by atoms with van der Waals surface area (Å²) in [5.74, 6) is 0.956. The molecule has 0 unspecified atom stereocenters. The zero-order valence-corrected chi connectivity index (χ0v) is 13.8. The Balaban J connectivity index is 1.86. The van der Waals surface area contributed by atoms with E-state index in [2.05, 4.69) is 20.1 Å². The van der Waals surface area contributed by atoms with Gasteiger partial charge in [-0.15, -0.1) is 10.2 Å². The fraction of sp³-hybridized carbons (Fsp3) is 0.714. The Bertz CT molecular complexity index is 487. The Morgan fingerprint density at radius 3 is 2.81 bits per heavy atom. The van der Waals surface area contributed by atoms with Crippen molar-refractivity contribution in [2.24, 2.45) is 5.92 Å². The molecule has 1 aliphatic rings. The largest absolute Gasteiger partial charge is 0.460 e. The number of anilines is 1. The molecule has 1 atom stereocenters.